The lowest BCUT2D eigenvalue weighted by Crippen LogP contribution is -2.18. The van der Waals surface area contributed by atoms with Gasteiger partial charge in [0.2, 0.25) is 0 Å². The van der Waals surface area contributed by atoms with E-state index in [4.69, 9.17) is 5.11 Å². The maximum atomic E-state index is 11.0. The van der Waals surface area contributed by atoms with Gasteiger partial charge in [0.1, 0.15) is 5.75 Å². The third kappa shape index (κ3) is 2.32. The van der Waals surface area contributed by atoms with Gasteiger partial charge in [-0.3, -0.25) is 0 Å². The molecule has 0 saturated carbocycles. The van der Waals surface area contributed by atoms with Gasteiger partial charge in [0, 0.05) is 5.69 Å². The first-order chi connectivity index (χ1) is 9.63. The van der Waals surface area contributed by atoms with Gasteiger partial charge in [-0.15, -0.1) is 0 Å². The van der Waals surface area contributed by atoms with Crippen LogP contribution in [0.3, 0.4) is 0 Å². The SMILES string of the molecule is O=C(O)c1cccc(C2CCc3cc(O)ccc3N2)c1. The van der Waals surface area contributed by atoms with Crippen molar-refractivity contribution in [2.45, 2.75) is 18.9 Å². The molecule has 102 valence electrons. The van der Waals surface area contributed by atoms with Crippen LogP contribution in [-0.4, -0.2) is 16.2 Å². The number of phenolic OH excluding ortho intramolecular Hbond substituents is 1. The van der Waals surface area contributed by atoms with Crippen LogP contribution in [0.2, 0.25) is 0 Å². The highest BCUT2D eigenvalue weighted by molar-refractivity contribution is 5.87. The third-order valence-corrected chi connectivity index (χ3v) is 3.66. The van der Waals surface area contributed by atoms with Crippen molar-refractivity contribution in [2.75, 3.05) is 5.32 Å². The second-order valence-corrected chi connectivity index (χ2v) is 5.01. The molecule has 0 fully saturated rings. The number of rotatable bonds is 2. The van der Waals surface area contributed by atoms with Crippen LogP contribution < -0.4 is 5.32 Å². The van der Waals surface area contributed by atoms with Crippen LogP contribution in [0.25, 0.3) is 0 Å². The van der Waals surface area contributed by atoms with Crippen molar-refractivity contribution in [3.05, 3.63) is 59.2 Å². The molecule has 2 aromatic carbocycles. The van der Waals surface area contributed by atoms with E-state index in [1.807, 2.05) is 12.1 Å². The number of hydrogen-bond acceptors (Lipinski definition) is 3. The quantitative estimate of drug-likeness (QED) is 0.732. The molecule has 1 unspecified atom stereocenters. The number of aromatic hydroxyl groups is 1. The lowest BCUT2D eigenvalue weighted by atomic mass is 9.92. The fourth-order valence-electron chi connectivity index (χ4n) is 2.63. The Bertz CT molecular complexity index is 667. The zero-order valence-corrected chi connectivity index (χ0v) is 10.8. The number of carboxylic acids is 1. The predicted octanol–water partition coefficient (Wildman–Crippen LogP) is 3.19. The summed E-state index contributed by atoms with van der Waals surface area (Å²) in [6, 6.07) is 12.4. The molecule has 1 heterocycles. The van der Waals surface area contributed by atoms with Gasteiger partial charge in [-0.25, -0.2) is 4.79 Å². The Morgan fingerprint density at radius 3 is 2.85 bits per heavy atom. The molecule has 0 saturated heterocycles. The Kier molecular flexibility index (Phi) is 3.06. The van der Waals surface area contributed by atoms with Crippen LogP contribution in [0.15, 0.2) is 42.5 Å². The normalized spacial score (nSPS) is 17.1. The highest BCUT2D eigenvalue weighted by atomic mass is 16.4. The second-order valence-electron chi connectivity index (χ2n) is 5.01. The van der Waals surface area contributed by atoms with E-state index < -0.39 is 5.97 Å². The minimum atomic E-state index is -0.909. The van der Waals surface area contributed by atoms with E-state index >= 15 is 0 Å². The molecule has 0 spiro atoms. The standard InChI is InChI=1S/C16H15NO3/c18-13-5-7-15-11(9-13)4-6-14(17-15)10-2-1-3-12(8-10)16(19)20/h1-3,5,7-9,14,17-18H,4,6H2,(H,19,20). The highest BCUT2D eigenvalue weighted by Gasteiger charge is 2.20. The van der Waals surface area contributed by atoms with Crippen molar-refractivity contribution in [3.8, 4) is 5.75 Å². The average Bonchev–Trinajstić information content (AvgIpc) is 2.47. The average molecular weight is 269 g/mol. The van der Waals surface area contributed by atoms with Crippen LogP contribution in [0.1, 0.15) is 33.9 Å². The Hall–Kier alpha value is -2.49. The topological polar surface area (TPSA) is 69.6 Å². The summed E-state index contributed by atoms with van der Waals surface area (Å²) in [4.78, 5) is 11.0. The molecule has 0 aromatic heterocycles. The van der Waals surface area contributed by atoms with Gasteiger partial charge in [-0.2, -0.15) is 0 Å². The van der Waals surface area contributed by atoms with Gasteiger partial charge in [-0.1, -0.05) is 12.1 Å². The number of carboxylic acid groups (broad SMARTS) is 1. The largest absolute Gasteiger partial charge is 0.508 e. The highest BCUT2D eigenvalue weighted by Crippen LogP contribution is 2.34. The molecule has 2 aromatic rings. The zero-order chi connectivity index (χ0) is 14.1. The summed E-state index contributed by atoms with van der Waals surface area (Å²) in [5, 5.41) is 21.9. The first kappa shape index (κ1) is 12.5. The van der Waals surface area contributed by atoms with Gasteiger partial charge in [0.05, 0.1) is 11.6 Å². The number of aromatic carboxylic acids is 1. The fourth-order valence-corrected chi connectivity index (χ4v) is 2.63. The lowest BCUT2D eigenvalue weighted by Gasteiger charge is -2.27. The minimum absolute atomic E-state index is 0.103. The molecule has 3 N–H and O–H groups in total. The van der Waals surface area contributed by atoms with Crippen molar-refractivity contribution >= 4 is 11.7 Å². The van der Waals surface area contributed by atoms with Crippen molar-refractivity contribution in [1.29, 1.82) is 0 Å². The molecule has 0 radical (unpaired) electrons. The molecule has 4 heteroatoms. The number of fused-ring (bicyclic) bond motifs is 1. The molecule has 0 bridgehead atoms. The summed E-state index contributed by atoms with van der Waals surface area (Å²) in [5.74, 6) is -0.634. The van der Waals surface area contributed by atoms with E-state index in [1.54, 1.807) is 30.3 Å². The Morgan fingerprint density at radius 2 is 2.05 bits per heavy atom. The molecule has 1 aliphatic heterocycles. The van der Waals surface area contributed by atoms with E-state index in [9.17, 15) is 9.90 Å². The van der Waals surface area contributed by atoms with Crippen LogP contribution in [0, 0.1) is 0 Å². The molecule has 0 aliphatic carbocycles. The Labute approximate surface area is 116 Å². The van der Waals surface area contributed by atoms with Crippen LogP contribution >= 0.6 is 0 Å². The van der Waals surface area contributed by atoms with E-state index in [0.717, 1.165) is 29.7 Å². The van der Waals surface area contributed by atoms with E-state index in [-0.39, 0.29) is 11.8 Å². The summed E-state index contributed by atoms with van der Waals surface area (Å²) < 4.78 is 0. The number of aryl methyl sites for hydroxylation is 1. The predicted molar refractivity (Wildman–Crippen MR) is 76.2 cm³/mol. The summed E-state index contributed by atoms with van der Waals surface area (Å²) in [6.45, 7) is 0. The van der Waals surface area contributed by atoms with Gasteiger partial charge >= 0.3 is 5.97 Å². The summed E-state index contributed by atoms with van der Waals surface area (Å²) in [7, 11) is 0. The van der Waals surface area contributed by atoms with Crippen molar-refractivity contribution in [1.82, 2.24) is 0 Å². The van der Waals surface area contributed by atoms with Crippen molar-refractivity contribution in [3.63, 3.8) is 0 Å². The molecule has 1 aliphatic rings. The van der Waals surface area contributed by atoms with E-state index in [1.165, 1.54) is 0 Å². The van der Waals surface area contributed by atoms with Gasteiger partial charge in [-0.05, 0) is 54.3 Å². The Balaban J connectivity index is 1.88. The minimum Gasteiger partial charge on any atom is -0.508 e. The number of benzene rings is 2. The van der Waals surface area contributed by atoms with Crippen molar-refractivity contribution in [2.24, 2.45) is 0 Å². The first-order valence-corrected chi connectivity index (χ1v) is 6.55. The maximum Gasteiger partial charge on any atom is 0.335 e. The van der Waals surface area contributed by atoms with Crippen LogP contribution in [0.4, 0.5) is 5.69 Å². The Morgan fingerprint density at radius 1 is 1.20 bits per heavy atom. The van der Waals surface area contributed by atoms with Gasteiger partial charge in [0.25, 0.3) is 0 Å². The number of hydrogen-bond donors (Lipinski definition) is 3. The van der Waals surface area contributed by atoms with Crippen molar-refractivity contribution < 1.29 is 15.0 Å². The van der Waals surface area contributed by atoms with E-state index in [0.29, 0.717) is 5.56 Å². The summed E-state index contributed by atoms with van der Waals surface area (Å²) in [6.07, 6.45) is 1.73. The van der Waals surface area contributed by atoms with Crippen LogP contribution in [0.5, 0.6) is 5.75 Å². The second kappa shape index (κ2) is 4.89. The number of phenols is 1. The molecule has 1 atom stereocenters. The molecule has 4 nitrogen and oxygen atoms in total. The molecule has 3 rings (SSSR count). The third-order valence-electron chi connectivity index (χ3n) is 3.66. The van der Waals surface area contributed by atoms with Gasteiger partial charge in [0.15, 0.2) is 0 Å². The number of nitrogens with one attached hydrogen (secondary N) is 1. The van der Waals surface area contributed by atoms with E-state index in [2.05, 4.69) is 5.32 Å². The van der Waals surface area contributed by atoms with Crippen LogP contribution in [-0.2, 0) is 6.42 Å². The number of anilines is 1. The van der Waals surface area contributed by atoms with Gasteiger partial charge < -0.3 is 15.5 Å². The first-order valence-electron chi connectivity index (χ1n) is 6.55. The monoisotopic (exact) mass is 269 g/mol. The molecular formula is C16H15NO3. The zero-order valence-electron chi connectivity index (χ0n) is 10.8. The molecule has 0 amide bonds. The lowest BCUT2D eigenvalue weighted by molar-refractivity contribution is 0.0696. The maximum absolute atomic E-state index is 11.0. The number of carbonyl (C=O) groups is 1. The smallest absolute Gasteiger partial charge is 0.335 e. The fraction of sp³-hybridized carbons (Fsp3) is 0.188. The molecule has 20 heavy (non-hydrogen) atoms. The summed E-state index contributed by atoms with van der Waals surface area (Å²) >= 11 is 0. The summed E-state index contributed by atoms with van der Waals surface area (Å²) in [5.41, 5.74) is 3.37. The molecular weight excluding hydrogens is 254 g/mol.